The van der Waals surface area contributed by atoms with Gasteiger partial charge in [0.25, 0.3) is 0 Å². The van der Waals surface area contributed by atoms with Crippen molar-refractivity contribution in [3.05, 3.63) is 35.1 Å². The van der Waals surface area contributed by atoms with Crippen LogP contribution in [0.15, 0.2) is 18.2 Å². The quantitative estimate of drug-likeness (QED) is 0.867. The Bertz CT molecular complexity index is 385. The molecule has 0 radical (unpaired) electrons. The van der Waals surface area contributed by atoms with Gasteiger partial charge in [-0.2, -0.15) is 0 Å². The van der Waals surface area contributed by atoms with Crippen molar-refractivity contribution in [1.29, 1.82) is 0 Å². The second kappa shape index (κ2) is 7.25. The van der Waals surface area contributed by atoms with Crippen molar-refractivity contribution >= 4 is 18.3 Å². The predicted octanol–water partition coefficient (Wildman–Crippen LogP) is 1.77. The van der Waals surface area contributed by atoms with Crippen molar-refractivity contribution in [1.82, 2.24) is 5.32 Å². The molecule has 17 heavy (non-hydrogen) atoms. The lowest BCUT2D eigenvalue weighted by Crippen LogP contribution is -2.32. The highest BCUT2D eigenvalue weighted by atomic mass is 35.5. The third-order valence-corrected chi connectivity index (χ3v) is 2.49. The van der Waals surface area contributed by atoms with E-state index in [0.29, 0.717) is 18.7 Å². The van der Waals surface area contributed by atoms with Gasteiger partial charge >= 0.3 is 0 Å². The maximum absolute atomic E-state index is 13.0. The standard InChI is InChI=1S/C12H17FN2O.ClH/c1-8-5-10(3-4-11(8)13)7-15-12(16)9(2)6-14;/h3-5,9H,6-7,14H2,1-2H3,(H,15,16);1H. The minimum Gasteiger partial charge on any atom is -0.352 e. The van der Waals surface area contributed by atoms with E-state index >= 15 is 0 Å². The Kier molecular flexibility index (Phi) is 6.76. The third-order valence-electron chi connectivity index (χ3n) is 2.49. The lowest BCUT2D eigenvalue weighted by atomic mass is 10.1. The minimum atomic E-state index is -0.231. The van der Waals surface area contributed by atoms with Gasteiger partial charge in [0, 0.05) is 19.0 Å². The van der Waals surface area contributed by atoms with Crippen LogP contribution in [-0.4, -0.2) is 12.5 Å². The zero-order valence-corrected chi connectivity index (χ0v) is 10.8. The van der Waals surface area contributed by atoms with Crippen LogP contribution in [0, 0.1) is 18.7 Å². The molecule has 1 unspecified atom stereocenters. The summed E-state index contributed by atoms with van der Waals surface area (Å²) < 4.78 is 13.0. The highest BCUT2D eigenvalue weighted by molar-refractivity contribution is 5.85. The summed E-state index contributed by atoms with van der Waals surface area (Å²) in [6, 6.07) is 4.79. The lowest BCUT2D eigenvalue weighted by Gasteiger charge is -2.10. The van der Waals surface area contributed by atoms with Gasteiger partial charge in [0.1, 0.15) is 5.82 Å². The van der Waals surface area contributed by atoms with Crippen LogP contribution in [0.25, 0.3) is 0 Å². The molecule has 0 spiro atoms. The summed E-state index contributed by atoms with van der Waals surface area (Å²) >= 11 is 0. The molecule has 0 fully saturated rings. The van der Waals surface area contributed by atoms with Crippen molar-refractivity contribution in [2.45, 2.75) is 20.4 Å². The Morgan fingerprint density at radius 2 is 2.18 bits per heavy atom. The first-order chi connectivity index (χ1) is 7.54. The number of aryl methyl sites for hydroxylation is 1. The van der Waals surface area contributed by atoms with E-state index in [9.17, 15) is 9.18 Å². The van der Waals surface area contributed by atoms with E-state index in [1.54, 1.807) is 26.0 Å². The van der Waals surface area contributed by atoms with Gasteiger partial charge in [-0.05, 0) is 24.1 Å². The number of halogens is 2. The third kappa shape index (κ3) is 4.71. The van der Waals surface area contributed by atoms with Crippen molar-refractivity contribution in [2.75, 3.05) is 6.54 Å². The number of benzene rings is 1. The van der Waals surface area contributed by atoms with Gasteiger partial charge in [-0.15, -0.1) is 12.4 Å². The monoisotopic (exact) mass is 260 g/mol. The Balaban J connectivity index is 0.00000256. The molecule has 0 aliphatic heterocycles. The molecule has 0 bridgehead atoms. The fourth-order valence-corrected chi connectivity index (χ4v) is 1.29. The second-order valence-corrected chi connectivity index (χ2v) is 3.94. The fourth-order valence-electron chi connectivity index (χ4n) is 1.29. The predicted molar refractivity (Wildman–Crippen MR) is 68.5 cm³/mol. The molecular weight excluding hydrogens is 243 g/mol. The van der Waals surface area contributed by atoms with E-state index in [-0.39, 0.29) is 30.0 Å². The lowest BCUT2D eigenvalue weighted by molar-refractivity contribution is -0.124. The molecule has 1 amide bonds. The molecule has 1 aromatic carbocycles. The molecule has 1 aromatic rings. The number of hydrogen-bond donors (Lipinski definition) is 2. The molecule has 0 aliphatic carbocycles. The van der Waals surface area contributed by atoms with Crippen molar-refractivity contribution in [2.24, 2.45) is 11.7 Å². The normalized spacial score (nSPS) is 11.5. The number of carbonyl (C=O) groups excluding carboxylic acids is 1. The summed E-state index contributed by atoms with van der Waals surface area (Å²) in [6.45, 7) is 4.20. The average Bonchev–Trinajstić information content (AvgIpc) is 2.29. The molecule has 0 aliphatic rings. The molecule has 96 valence electrons. The minimum absolute atomic E-state index is 0. The van der Waals surface area contributed by atoms with Gasteiger partial charge in [-0.1, -0.05) is 19.1 Å². The van der Waals surface area contributed by atoms with E-state index in [0.717, 1.165) is 5.56 Å². The number of nitrogens with one attached hydrogen (secondary N) is 1. The van der Waals surface area contributed by atoms with Gasteiger partial charge in [0.05, 0.1) is 0 Å². The van der Waals surface area contributed by atoms with Crippen LogP contribution >= 0.6 is 12.4 Å². The number of carbonyl (C=O) groups is 1. The first-order valence-corrected chi connectivity index (χ1v) is 5.27. The van der Waals surface area contributed by atoms with E-state index in [2.05, 4.69) is 5.32 Å². The zero-order valence-electron chi connectivity index (χ0n) is 10.00. The fraction of sp³-hybridized carbons (Fsp3) is 0.417. The molecule has 0 heterocycles. The van der Waals surface area contributed by atoms with Crippen LogP contribution < -0.4 is 11.1 Å². The number of rotatable bonds is 4. The number of nitrogens with two attached hydrogens (primary N) is 1. The van der Waals surface area contributed by atoms with Gasteiger partial charge in [0.15, 0.2) is 0 Å². The topological polar surface area (TPSA) is 55.1 Å². The highest BCUT2D eigenvalue weighted by Crippen LogP contribution is 2.09. The van der Waals surface area contributed by atoms with E-state index in [1.807, 2.05) is 0 Å². The first kappa shape index (κ1) is 15.9. The van der Waals surface area contributed by atoms with Crippen molar-refractivity contribution < 1.29 is 9.18 Å². The molecular formula is C12H18ClFN2O. The van der Waals surface area contributed by atoms with Crippen LogP contribution in [0.2, 0.25) is 0 Å². The van der Waals surface area contributed by atoms with E-state index in [1.165, 1.54) is 6.07 Å². The molecule has 1 rings (SSSR count). The van der Waals surface area contributed by atoms with Gasteiger partial charge in [0.2, 0.25) is 5.91 Å². The maximum Gasteiger partial charge on any atom is 0.224 e. The smallest absolute Gasteiger partial charge is 0.224 e. The van der Waals surface area contributed by atoms with Gasteiger partial charge < -0.3 is 11.1 Å². The van der Waals surface area contributed by atoms with Gasteiger partial charge in [-0.3, -0.25) is 4.79 Å². The molecule has 1 atom stereocenters. The largest absolute Gasteiger partial charge is 0.352 e. The summed E-state index contributed by atoms with van der Waals surface area (Å²) in [5.74, 6) is -0.503. The zero-order chi connectivity index (χ0) is 12.1. The first-order valence-electron chi connectivity index (χ1n) is 5.27. The van der Waals surface area contributed by atoms with Crippen LogP contribution in [0.3, 0.4) is 0 Å². The molecule has 0 saturated heterocycles. The van der Waals surface area contributed by atoms with Crippen molar-refractivity contribution in [3.63, 3.8) is 0 Å². The summed E-state index contributed by atoms with van der Waals surface area (Å²) in [7, 11) is 0. The Morgan fingerprint density at radius 3 is 2.71 bits per heavy atom. The summed E-state index contributed by atoms with van der Waals surface area (Å²) in [4.78, 5) is 11.4. The number of amides is 1. The molecule has 0 aromatic heterocycles. The Hall–Kier alpha value is -1.13. The Labute approximate surface area is 107 Å². The van der Waals surface area contributed by atoms with Crippen molar-refractivity contribution in [3.8, 4) is 0 Å². The summed E-state index contributed by atoms with van der Waals surface area (Å²) in [5.41, 5.74) is 6.84. The highest BCUT2D eigenvalue weighted by Gasteiger charge is 2.09. The molecule has 3 nitrogen and oxygen atoms in total. The van der Waals surface area contributed by atoms with E-state index in [4.69, 9.17) is 5.73 Å². The van der Waals surface area contributed by atoms with E-state index < -0.39 is 0 Å². The molecule has 3 N–H and O–H groups in total. The van der Waals surface area contributed by atoms with Crippen LogP contribution in [-0.2, 0) is 11.3 Å². The Morgan fingerprint density at radius 1 is 1.53 bits per heavy atom. The second-order valence-electron chi connectivity index (χ2n) is 3.94. The summed E-state index contributed by atoms with van der Waals surface area (Å²) in [6.07, 6.45) is 0. The van der Waals surface area contributed by atoms with Crippen LogP contribution in [0.5, 0.6) is 0 Å². The van der Waals surface area contributed by atoms with Crippen LogP contribution in [0.4, 0.5) is 4.39 Å². The average molecular weight is 261 g/mol. The van der Waals surface area contributed by atoms with Gasteiger partial charge in [-0.25, -0.2) is 4.39 Å². The molecule has 5 heteroatoms. The summed E-state index contributed by atoms with van der Waals surface area (Å²) in [5, 5.41) is 2.75. The molecule has 0 saturated carbocycles. The number of hydrogen-bond acceptors (Lipinski definition) is 2. The van der Waals surface area contributed by atoms with Crippen LogP contribution in [0.1, 0.15) is 18.1 Å². The SMILES string of the molecule is Cc1cc(CNC(=O)C(C)CN)ccc1F.Cl. The maximum atomic E-state index is 13.0.